The van der Waals surface area contributed by atoms with Gasteiger partial charge in [-0.3, -0.25) is 9.59 Å². The molecule has 0 fully saturated rings. The number of carbonyl (C=O) groups is 3. The van der Waals surface area contributed by atoms with E-state index in [2.05, 4.69) is 45.6 Å². The summed E-state index contributed by atoms with van der Waals surface area (Å²) in [6.45, 7) is 1.99. The molecule has 0 aliphatic rings. The number of rotatable bonds is 12. The van der Waals surface area contributed by atoms with Gasteiger partial charge in [0.2, 0.25) is 11.8 Å². The first-order chi connectivity index (χ1) is 23.3. The summed E-state index contributed by atoms with van der Waals surface area (Å²) in [6, 6.07) is 20.2. The van der Waals surface area contributed by atoms with Crippen molar-refractivity contribution in [3.8, 4) is 17.0 Å². The molecule has 0 saturated carbocycles. The Morgan fingerprint density at radius 2 is 1.69 bits per heavy atom. The van der Waals surface area contributed by atoms with Gasteiger partial charge in [0, 0.05) is 42.7 Å². The number of amides is 2. The van der Waals surface area contributed by atoms with Gasteiger partial charge in [-0.25, -0.2) is 9.78 Å². The number of H-pyrrole nitrogens is 2. The smallest absolute Gasteiger partial charge is 0.490 e. The lowest BCUT2D eigenvalue weighted by molar-refractivity contribution is -0.192. The molecule has 0 saturated heterocycles. The van der Waals surface area contributed by atoms with E-state index < -0.39 is 12.1 Å². The fourth-order valence-electron chi connectivity index (χ4n) is 5.44. The molecule has 4 N–H and O–H groups in total. The van der Waals surface area contributed by atoms with Crippen LogP contribution in [0.2, 0.25) is 0 Å². The van der Waals surface area contributed by atoms with Crippen LogP contribution in [0.4, 0.5) is 13.2 Å². The molecule has 49 heavy (non-hydrogen) atoms. The number of carbonyl (C=O) groups excluding carboxylic acids is 2. The number of nitrogens with one attached hydrogen (secondary N) is 3. The molecular weight excluding hydrogens is 639 g/mol. The second-order valence-electron chi connectivity index (χ2n) is 11.9. The number of hydrogen-bond donors (Lipinski definition) is 4. The second-order valence-corrected chi connectivity index (χ2v) is 11.9. The first kappa shape index (κ1) is 36.5. The monoisotopic (exact) mass is 679 g/mol. The minimum atomic E-state index is -5.08. The Labute approximate surface area is 281 Å². The number of aromatic amines is 2. The highest BCUT2D eigenvalue weighted by Gasteiger charge is 2.38. The van der Waals surface area contributed by atoms with Crippen LogP contribution in [0.15, 0.2) is 66.9 Å². The highest BCUT2D eigenvalue weighted by Crippen LogP contribution is 2.29. The number of imidazole rings is 1. The van der Waals surface area contributed by atoms with Gasteiger partial charge >= 0.3 is 12.1 Å². The van der Waals surface area contributed by atoms with E-state index in [9.17, 15) is 22.8 Å². The fraction of sp³-hybridized carbons (Fsp3) is 0.333. The number of halogens is 3. The number of fused-ring (bicyclic) bond motifs is 2. The quantitative estimate of drug-likeness (QED) is 0.104. The minimum Gasteiger partial charge on any atom is -0.497 e. The number of alkyl halides is 3. The number of unbranched alkanes of at least 4 members (excludes halogenated alkanes) is 2. The van der Waals surface area contributed by atoms with E-state index in [0.29, 0.717) is 12.8 Å². The van der Waals surface area contributed by atoms with E-state index in [0.717, 1.165) is 69.6 Å². The number of benzene rings is 3. The van der Waals surface area contributed by atoms with E-state index in [1.165, 1.54) is 5.39 Å². The summed E-state index contributed by atoms with van der Waals surface area (Å²) in [7, 11) is 5.20. The summed E-state index contributed by atoms with van der Waals surface area (Å²) in [4.78, 5) is 47.6. The van der Waals surface area contributed by atoms with Gasteiger partial charge in [-0.15, -0.1) is 0 Å². The summed E-state index contributed by atoms with van der Waals surface area (Å²) in [6.07, 6.45) is 0.810. The van der Waals surface area contributed by atoms with Gasteiger partial charge in [0.1, 0.15) is 11.6 Å². The second kappa shape index (κ2) is 16.2. The van der Waals surface area contributed by atoms with Crippen molar-refractivity contribution in [2.45, 2.75) is 57.7 Å². The van der Waals surface area contributed by atoms with Crippen LogP contribution in [0.25, 0.3) is 32.9 Å². The molecular formula is C36H40F3N5O5. The molecule has 13 heteroatoms. The van der Waals surface area contributed by atoms with Gasteiger partial charge in [-0.1, -0.05) is 49.2 Å². The average Bonchev–Trinajstić information content (AvgIpc) is 3.68. The molecule has 2 amide bonds. The number of nitrogens with zero attached hydrogens (tertiary/aromatic N) is 2. The van der Waals surface area contributed by atoms with E-state index in [1.54, 1.807) is 26.1 Å². The van der Waals surface area contributed by atoms with Crippen molar-refractivity contribution in [1.82, 2.24) is 25.2 Å². The van der Waals surface area contributed by atoms with Crippen LogP contribution in [-0.2, 0) is 20.8 Å². The fourth-order valence-corrected chi connectivity index (χ4v) is 5.44. The highest BCUT2D eigenvalue weighted by molar-refractivity contribution is 5.91. The Morgan fingerprint density at radius 3 is 2.37 bits per heavy atom. The predicted octanol–water partition coefficient (Wildman–Crippen LogP) is 7.10. The molecule has 0 radical (unpaired) electrons. The Balaban J connectivity index is 0.000000698. The van der Waals surface area contributed by atoms with Gasteiger partial charge in [0.05, 0.1) is 31.5 Å². The number of aromatic nitrogens is 3. The third kappa shape index (κ3) is 9.84. The van der Waals surface area contributed by atoms with Gasteiger partial charge in [0.25, 0.3) is 0 Å². The van der Waals surface area contributed by atoms with Crippen molar-refractivity contribution in [2.75, 3.05) is 21.2 Å². The molecule has 5 rings (SSSR count). The number of carboxylic acid groups (broad SMARTS) is 1. The Morgan fingerprint density at radius 1 is 0.980 bits per heavy atom. The number of methoxy groups -OCH3 is 1. The largest absolute Gasteiger partial charge is 0.497 e. The summed E-state index contributed by atoms with van der Waals surface area (Å²) in [5.74, 6) is -1.21. The Kier molecular flexibility index (Phi) is 12.1. The maximum absolute atomic E-state index is 13.5. The van der Waals surface area contributed by atoms with Crippen molar-refractivity contribution < 1.29 is 37.4 Å². The summed E-state index contributed by atoms with van der Waals surface area (Å²) in [5.41, 5.74) is 4.85. The number of aliphatic carboxylic acids is 1. The summed E-state index contributed by atoms with van der Waals surface area (Å²) < 4.78 is 37.2. The number of hydrogen-bond acceptors (Lipinski definition) is 5. The van der Waals surface area contributed by atoms with Crippen LogP contribution in [0.3, 0.4) is 0 Å². The van der Waals surface area contributed by atoms with E-state index in [4.69, 9.17) is 19.6 Å². The number of ether oxygens (including phenoxy) is 1. The Bertz CT molecular complexity index is 1910. The first-order valence-electron chi connectivity index (χ1n) is 15.8. The normalized spacial score (nSPS) is 11.9. The molecule has 0 bridgehead atoms. The zero-order chi connectivity index (χ0) is 35.7. The molecule has 2 aromatic heterocycles. The molecule has 1 atom stereocenters. The van der Waals surface area contributed by atoms with Gasteiger partial charge in [-0.2, -0.15) is 13.2 Å². The lowest BCUT2D eigenvalue weighted by atomic mass is 10.0. The van der Waals surface area contributed by atoms with Crippen molar-refractivity contribution in [3.63, 3.8) is 0 Å². The number of carboxylic acids is 1. The van der Waals surface area contributed by atoms with Crippen LogP contribution in [0.5, 0.6) is 5.75 Å². The average molecular weight is 680 g/mol. The van der Waals surface area contributed by atoms with Crippen LogP contribution >= 0.6 is 0 Å². The zero-order valence-electron chi connectivity index (χ0n) is 27.8. The Hall–Kier alpha value is -5.33. The standard InChI is InChI=1S/C34H39N5O3.C2HF3O2/c1-22-27(28-19-26(42-4)16-17-29(28)36-22)20-32(40)37-30(12-6-5-7-13-33(41)39(2)3)34-35-21-31(38-34)25-15-14-23-10-8-9-11-24(23)18-25;3-2(4,5)1(6)7/h8-11,14-19,21,30,36H,5-7,12-13,20H2,1-4H3,(H,35,38)(H,37,40);(H,6,7)/t30-;/m0./s1. The first-order valence-corrected chi connectivity index (χ1v) is 15.8. The maximum atomic E-state index is 13.5. The van der Waals surface area contributed by atoms with Crippen LogP contribution < -0.4 is 10.1 Å². The van der Waals surface area contributed by atoms with Gasteiger partial charge in [0.15, 0.2) is 0 Å². The third-order valence-corrected chi connectivity index (χ3v) is 8.11. The lowest BCUT2D eigenvalue weighted by Gasteiger charge is -2.17. The predicted molar refractivity (Wildman–Crippen MR) is 181 cm³/mol. The molecule has 2 heterocycles. The molecule has 260 valence electrons. The molecule has 0 aliphatic heterocycles. The van der Waals surface area contributed by atoms with Gasteiger partial charge in [-0.05, 0) is 60.4 Å². The van der Waals surface area contributed by atoms with Crippen molar-refractivity contribution in [1.29, 1.82) is 0 Å². The summed E-state index contributed by atoms with van der Waals surface area (Å²) >= 11 is 0. The molecule has 3 aromatic carbocycles. The van der Waals surface area contributed by atoms with E-state index in [1.807, 2.05) is 43.5 Å². The van der Waals surface area contributed by atoms with Crippen molar-refractivity contribution in [2.24, 2.45) is 0 Å². The van der Waals surface area contributed by atoms with Crippen molar-refractivity contribution >= 4 is 39.5 Å². The number of aryl methyl sites for hydroxylation is 1. The highest BCUT2D eigenvalue weighted by atomic mass is 19.4. The lowest BCUT2D eigenvalue weighted by Crippen LogP contribution is -2.30. The van der Waals surface area contributed by atoms with E-state index in [-0.39, 0.29) is 24.3 Å². The molecule has 10 nitrogen and oxygen atoms in total. The minimum absolute atomic E-state index is 0.0711. The SMILES string of the molecule is COc1ccc2[nH]c(C)c(CC(=O)N[C@@H](CCCCCC(=O)N(C)C)c3ncc(-c4ccc5ccccc5c4)[nH]3)c2c1.O=C(O)C(F)(F)F. The molecule has 5 aromatic rings. The molecule has 0 unspecified atom stereocenters. The summed E-state index contributed by atoms with van der Waals surface area (Å²) in [5, 5.41) is 13.7. The maximum Gasteiger partial charge on any atom is 0.490 e. The van der Waals surface area contributed by atoms with Crippen LogP contribution in [-0.4, -0.2) is 70.1 Å². The van der Waals surface area contributed by atoms with E-state index >= 15 is 0 Å². The molecule has 0 aliphatic carbocycles. The van der Waals surface area contributed by atoms with Crippen molar-refractivity contribution in [3.05, 3.63) is 83.9 Å². The topological polar surface area (TPSA) is 140 Å². The zero-order valence-corrected chi connectivity index (χ0v) is 27.8. The van der Waals surface area contributed by atoms with Crippen LogP contribution in [0, 0.1) is 6.92 Å². The van der Waals surface area contributed by atoms with Crippen LogP contribution in [0.1, 0.15) is 55.2 Å². The third-order valence-electron chi connectivity index (χ3n) is 8.11. The molecule has 0 spiro atoms. The van der Waals surface area contributed by atoms with Gasteiger partial charge < -0.3 is 30.0 Å².